The van der Waals surface area contributed by atoms with Crippen LogP contribution in [-0.4, -0.2) is 22.4 Å². The number of anilines is 1. The summed E-state index contributed by atoms with van der Waals surface area (Å²) in [7, 11) is 0. The van der Waals surface area contributed by atoms with Crippen molar-refractivity contribution in [1.82, 2.24) is 5.43 Å². The van der Waals surface area contributed by atoms with Gasteiger partial charge < -0.3 is 10.4 Å². The lowest BCUT2D eigenvalue weighted by molar-refractivity contribution is 0.0697. The van der Waals surface area contributed by atoms with Gasteiger partial charge >= 0.3 is 5.97 Å². The van der Waals surface area contributed by atoms with Gasteiger partial charge in [-0.2, -0.15) is 5.10 Å². The molecule has 2 rings (SSSR count). The minimum Gasteiger partial charge on any atom is -0.478 e. The number of hydrogen-bond acceptors (Lipinski definition) is 3. The van der Waals surface area contributed by atoms with Crippen LogP contribution in [0.4, 0.5) is 10.1 Å². The Labute approximate surface area is 131 Å². The van der Waals surface area contributed by atoms with Gasteiger partial charge in [0.2, 0.25) is 0 Å². The minimum atomic E-state index is -1.03. The van der Waals surface area contributed by atoms with Gasteiger partial charge in [-0.15, -0.1) is 0 Å². The highest BCUT2D eigenvalue weighted by molar-refractivity contribution is 7.80. The van der Waals surface area contributed by atoms with E-state index in [0.717, 1.165) is 0 Å². The fourth-order valence-corrected chi connectivity index (χ4v) is 1.83. The van der Waals surface area contributed by atoms with E-state index in [1.807, 2.05) is 0 Å². The van der Waals surface area contributed by atoms with Gasteiger partial charge in [-0.05, 0) is 42.5 Å². The average Bonchev–Trinajstić information content (AvgIpc) is 2.50. The van der Waals surface area contributed by atoms with Gasteiger partial charge in [0.1, 0.15) is 5.82 Å². The number of carbonyl (C=O) groups is 1. The topological polar surface area (TPSA) is 73.7 Å². The second kappa shape index (κ2) is 7.28. The van der Waals surface area contributed by atoms with E-state index in [1.165, 1.54) is 36.5 Å². The molecule has 0 saturated heterocycles. The van der Waals surface area contributed by atoms with Gasteiger partial charge in [-0.3, -0.25) is 5.43 Å². The van der Waals surface area contributed by atoms with Gasteiger partial charge in [-0.1, -0.05) is 18.2 Å². The number of halogens is 1. The number of rotatable bonds is 4. The third-order valence-electron chi connectivity index (χ3n) is 2.66. The first-order valence-corrected chi connectivity index (χ1v) is 6.65. The van der Waals surface area contributed by atoms with Gasteiger partial charge in [0.25, 0.3) is 0 Å². The van der Waals surface area contributed by atoms with E-state index >= 15 is 0 Å². The van der Waals surface area contributed by atoms with Gasteiger partial charge in [0, 0.05) is 11.3 Å². The van der Waals surface area contributed by atoms with E-state index in [2.05, 4.69) is 15.8 Å². The van der Waals surface area contributed by atoms with Crippen molar-refractivity contribution < 1.29 is 14.3 Å². The smallest absolute Gasteiger partial charge is 0.336 e. The van der Waals surface area contributed by atoms with E-state index in [-0.39, 0.29) is 16.5 Å². The second-order valence-corrected chi connectivity index (χ2v) is 4.63. The summed E-state index contributed by atoms with van der Waals surface area (Å²) in [5.74, 6) is -1.37. The molecule has 0 fully saturated rings. The summed E-state index contributed by atoms with van der Waals surface area (Å²) < 4.78 is 12.8. The summed E-state index contributed by atoms with van der Waals surface area (Å²) in [5, 5.41) is 15.9. The number of hydrogen-bond donors (Lipinski definition) is 3. The summed E-state index contributed by atoms with van der Waals surface area (Å²) in [5.41, 5.74) is 3.77. The molecule has 0 unspecified atom stereocenters. The lowest BCUT2D eigenvalue weighted by Gasteiger charge is -2.06. The van der Waals surface area contributed by atoms with Crippen LogP contribution in [0.25, 0.3) is 0 Å². The number of nitrogens with one attached hydrogen (secondary N) is 2. The fourth-order valence-electron chi connectivity index (χ4n) is 1.66. The number of hydrazone groups is 1. The van der Waals surface area contributed by atoms with Crippen LogP contribution in [0.3, 0.4) is 0 Å². The molecule has 0 aromatic heterocycles. The molecule has 0 aliphatic heterocycles. The number of aromatic carboxylic acids is 1. The molecule has 0 spiro atoms. The fraction of sp³-hybridized carbons (Fsp3) is 0. The molecule has 0 atom stereocenters. The van der Waals surface area contributed by atoms with Crippen LogP contribution in [0, 0.1) is 5.82 Å². The molecule has 2 aromatic carbocycles. The van der Waals surface area contributed by atoms with Crippen molar-refractivity contribution in [2.75, 3.05) is 5.32 Å². The molecule has 0 heterocycles. The van der Waals surface area contributed by atoms with E-state index < -0.39 is 5.97 Å². The summed E-state index contributed by atoms with van der Waals surface area (Å²) in [6.07, 6.45) is 1.36. The molecular formula is C15H12FN3O2S. The van der Waals surface area contributed by atoms with Crippen LogP contribution < -0.4 is 10.7 Å². The van der Waals surface area contributed by atoms with Gasteiger partial charge in [0.15, 0.2) is 5.11 Å². The van der Waals surface area contributed by atoms with Crippen LogP contribution in [-0.2, 0) is 0 Å². The maximum Gasteiger partial charge on any atom is 0.336 e. The summed E-state index contributed by atoms with van der Waals surface area (Å²) in [4.78, 5) is 11.0. The van der Waals surface area contributed by atoms with Crippen molar-refractivity contribution in [3.05, 3.63) is 65.5 Å². The first-order valence-electron chi connectivity index (χ1n) is 6.24. The van der Waals surface area contributed by atoms with Crippen molar-refractivity contribution >= 4 is 35.2 Å². The Bertz CT molecular complexity index is 717. The molecule has 0 radical (unpaired) electrons. The third kappa shape index (κ3) is 4.35. The quantitative estimate of drug-likeness (QED) is 0.459. The standard InChI is InChI=1S/C15H12FN3O2S/c16-11-5-7-12(8-6-11)18-15(22)19-17-9-10-3-1-2-4-13(10)14(20)21/h1-9H,(H,20,21)(H2,18,19,22)/b17-9-. The van der Waals surface area contributed by atoms with E-state index in [0.29, 0.717) is 11.3 Å². The first kappa shape index (κ1) is 15.6. The van der Waals surface area contributed by atoms with E-state index in [9.17, 15) is 9.18 Å². The van der Waals surface area contributed by atoms with Crippen molar-refractivity contribution in [2.45, 2.75) is 0 Å². The van der Waals surface area contributed by atoms with Crippen LogP contribution in [0.2, 0.25) is 0 Å². The lowest BCUT2D eigenvalue weighted by Crippen LogP contribution is -2.23. The zero-order valence-corrected chi connectivity index (χ0v) is 12.1. The summed E-state index contributed by atoms with van der Waals surface area (Å²) in [6.45, 7) is 0. The Balaban J connectivity index is 1.96. The number of carboxylic acid groups (broad SMARTS) is 1. The predicted molar refractivity (Wildman–Crippen MR) is 86.8 cm³/mol. The Kier molecular flexibility index (Phi) is 5.16. The van der Waals surface area contributed by atoms with Crippen LogP contribution in [0.5, 0.6) is 0 Å². The van der Waals surface area contributed by atoms with Crippen LogP contribution in [0.1, 0.15) is 15.9 Å². The molecule has 0 amide bonds. The monoisotopic (exact) mass is 317 g/mol. The number of carboxylic acids is 1. The van der Waals surface area contributed by atoms with Crippen molar-refractivity contribution in [1.29, 1.82) is 0 Å². The van der Waals surface area contributed by atoms with E-state index in [4.69, 9.17) is 17.3 Å². The molecule has 0 aliphatic rings. The molecular weight excluding hydrogens is 305 g/mol. The molecule has 5 nitrogen and oxygen atoms in total. The maximum atomic E-state index is 12.8. The summed E-state index contributed by atoms with van der Waals surface area (Å²) >= 11 is 5.02. The number of thiocarbonyl (C=S) groups is 1. The van der Waals surface area contributed by atoms with Crippen molar-refractivity contribution in [3.8, 4) is 0 Å². The maximum absolute atomic E-state index is 12.8. The van der Waals surface area contributed by atoms with E-state index in [1.54, 1.807) is 18.2 Å². The average molecular weight is 317 g/mol. The predicted octanol–water partition coefficient (Wildman–Crippen LogP) is 2.84. The zero-order chi connectivity index (χ0) is 15.9. The molecule has 2 aromatic rings. The molecule has 0 aliphatic carbocycles. The molecule has 3 N–H and O–H groups in total. The highest BCUT2D eigenvalue weighted by Gasteiger charge is 2.06. The van der Waals surface area contributed by atoms with Crippen molar-refractivity contribution in [2.24, 2.45) is 5.10 Å². The summed E-state index contributed by atoms with van der Waals surface area (Å²) in [6, 6.07) is 12.1. The van der Waals surface area contributed by atoms with Crippen LogP contribution >= 0.6 is 12.2 Å². The minimum absolute atomic E-state index is 0.144. The Morgan fingerprint density at radius 2 is 1.86 bits per heavy atom. The van der Waals surface area contributed by atoms with Crippen LogP contribution in [0.15, 0.2) is 53.6 Å². The second-order valence-electron chi connectivity index (χ2n) is 4.22. The largest absolute Gasteiger partial charge is 0.478 e. The third-order valence-corrected chi connectivity index (χ3v) is 2.86. The number of nitrogens with zero attached hydrogens (tertiary/aromatic N) is 1. The highest BCUT2D eigenvalue weighted by Crippen LogP contribution is 2.08. The lowest BCUT2D eigenvalue weighted by atomic mass is 10.1. The Hall–Kier alpha value is -2.80. The molecule has 0 bridgehead atoms. The normalized spacial score (nSPS) is 10.4. The first-order chi connectivity index (χ1) is 10.6. The molecule has 7 heteroatoms. The molecule has 112 valence electrons. The zero-order valence-electron chi connectivity index (χ0n) is 11.3. The Morgan fingerprint density at radius 1 is 1.18 bits per heavy atom. The van der Waals surface area contributed by atoms with Crippen molar-refractivity contribution in [3.63, 3.8) is 0 Å². The number of benzene rings is 2. The highest BCUT2D eigenvalue weighted by atomic mass is 32.1. The SMILES string of the molecule is O=C(O)c1ccccc1/C=N\NC(=S)Nc1ccc(F)cc1. The van der Waals surface area contributed by atoms with Gasteiger partial charge in [-0.25, -0.2) is 9.18 Å². The molecule has 0 saturated carbocycles. The molecule has 22 heavy (non-hydrogen) atoms. The Morgan fingerprint density at radius 3 is 2.55 bits per heavy atom. The van der Waals surface area contributed by atoms with Gasteiger partial charge in [0.05, 0.1) is 11.8 Å².